The summed E-state index contributed by atoms with van der Waals surface area (Å²) in [6.45, 7) is 0. The maximum absolute atomic E-state index is 2.46. The summed E-state index contributed by atoms with van der Waals surface area (Å²) < 4.78 is 0. The molecule has 1 nitrogen and oxygen atoms in total. The highest BCUT2D eigenvalue weighted by atomic mass is 15.1. The van der Waals surface area contributed by atoms with E-state index in [1.54, 1.807) is 0 Å². The van der Waals surface area contributed by atoms with Gasteiger partial charge in [0.25, 0.3) is 0 Å². The highest BCUT2D eigenvalue weighted by molar-refractivity contribution is 6.03. The maximum Gasteiger partial charge on any atom is 0.0540 e. The van der Waals surface area contributed by atoms with Gasteiger partial charge in [-0.3, -0.25) is 0 Å². The summed E-state index contributed by atoms with van der Waals surface area (Å²) in [5.41, 5.74) is 22.1. The van der Waals surface area contributed by atoms with Crippen LogP contribution in [0.5, 0.6) is 0 Å². The maximum atomic E-state index is 2.46. The molecule has 0 aliphatic rings. The first-order valence-corrected chi connectivity index (χ1v) is 23.0. The average molecular weight is 854 g/mol. The fraction of sp³-hybridized carbons (Fsp3) is 0. The molecule has 0 aromatic heterocycles. The molecule has 11 aromatic carbocycles. The second-order valence-corrected chi connectivity index (χ2v) is 16.8. The van der Waals surface area contributed by atoms with E-state index in [2.05, 4.69) is 290 Å². The number of nitrogens with zero attached hydrogens (tertiary/aromatic N) is 1. The Morgan fingerprint density at radius 3 is 0.970 bits per heavy atom. The van der Waals surface area contributed by atoms with Crippen molar-refractivity contribution >= 4 is 17.1 Å². The minimum Gasteiger partial charge on any atom is -0.309 e. The van der Waals surface area contributed by atoms with Crippen LogP contribution in [-0.4, -0.2) is 0 Å². The van der Waals surface area contributed by atoms with Gasteiger partial charge < -0.3 is 4.90 Å². The lowest BCUT2D eigenvalue weighted by molar-refractivity contribution is 1.28. The van der Waals surface area contributed by atoms with Crippen LogP contribution >= 0.6 is 0 Å². The Morgan fingerprint density at radius 2 is 0.463 bits per heavy atom. The number of benzene rings is 11. The van der Waals surface area contributed by atoms with E-state index < -0.39 is 0 Å². The molecule has 0 aliphatic heterocycles. The summed E-state index contributed by atoms with van der Waals surface area (Å²) in [7, 11) is 0. The first kappa shape index (κ1) is 41.0. The predicted molar refractivity (Wildman–Crippen MR) is 285 cm³/mol. The van der Waals surface area contributed by atoms with Crippen LogP contribution in [0.4, 0.5) is 17.1 Å². The number of anilines is 3. The summed E-state index contributed by atoms with van der Waals surface area (Å²) >= 11 is 0. The molecule has 316 valence electrons. The van der Waals surface area contributed by atoms with E-state index in [1.165, 1.54) is 61.2 Å². The summed E-state index contributed by atoms with van der Waals surface area (Å²) in [4.78, 5) is 2.46. The van der Waals surface area contributed by atoms with Crippen LogP contribution in [0.25, 0.3) is 89.0 Å². The van der Waals surface area contributed by atoms with Crippen molar-refractivity contribution in [2.75, 3.05) is 4.90 Å². The van der Waals surface area contributed by atoms with Gasteiger partial charge in [-0.2, -0.15) is 0 Å². The molecule has 0 N–H and O–H groups in total. The molecule has 0 saturated heterocycles. The SMILES string of the molecule is c1ccc(-c2ccc(-c3ccc(N(c4ccccc4-c4ccc(-c5ccccc5)cc4)c4ccccc4-c4cccc(-c5ccccc5)c4-c4ccccc4-c4ccccc4)cc3)cc2)cc1. The van der Waals surface area contributed by atoms with Crippen molar-refractivity contribution in [3.05, 3.63) is 285 Å². The first-order chi connectivity index (χ1) is 33.3. The van der Waals surface area contributed by atoms with E-state index in [-0.39, 0.29) is 0 Å². The highest BCUT2D eigenvalue weighted by Gasteiger charge is 2.24. The minimum absolute atomic E-state index is 1.07. The standard InChI is InChI=1S/C66H47N/c1-5-20-48(21-6-1)50-36-38-52(39-37-50)53-44-46-57(47-45-53)67(64-34-17-15-29-59(64)56-42-40-51(41-43-56)49-22-7-2-8-23-49)65-35-18-16-30-61(65)63-33-19-32-60(55-26-11-4-12-27-55)66(63)62-31-14-13-28-58(62)54-24-9-3-10-25-54/h1-47H. The normalized spacial score (nSPS) is 11.0. The van der Waals surface area contributed by atoms with Gasteiger partial charge in [0.1, 0.15) is 0 Å². The Balaban J connectivity index is 1.10. The summed E-state index contributed by atoms with van der Waals surface area (Å²) in [6, 6.07) is 103. The molecule has 0 fully saturated rings. The average Bonchev–Trinajstić information content (AvgIpc) is 3.42. The summed E-state index contributed by atoms with van der Waals surface area (Å²) in [5.74, 6) is 0. The second kappa shape index (κ2) is 18.7. The lowest BCUT2D eigenvalue weighted by Crippen LogP contribution is -2.12. The third-order valence-electron chi connectivity index (χ3n) is 12.8. The molecule has 0 aliphatic carbocycles. The molecular weight excluding hydrogens is 807 g/mol. The quantitative estimate of drug-likeness (QED) is 0.125. The van der Waals surface area contributed by atoms with Gasteiger partial charge >= 0.3 is 0 Å². The molecule has 0 unspecified atom stereocenters. The zero-order chi connectivity index (χ0) is 44.8. The van der Waals surface area contributed by atoms with Gasteiger partial charge in [-0.15, -0.1) is 0 Å². The number of para-hydroxylation sites is 2. The molecule has 67 heavy (non-hydrogen) atoms. The Labute approximate surface area is 394 Å². The van der Waals surface area contributed by atoms with Crippen molar-refractivity contribution < 1.29 is 0 Å². The fourth-order valence-electron chi connectivity index (χ4n) is 9.47. The van der Waals surface area contributed by atoms with E-state index in [1.807, 2.05) is 0 Å². The van der Waals surface area contributed by atoms with Gasteiger partial charge in [0.05, 0.1) is 11.4 Å². The van der Waals surface area contributed by atoms with Crippen molar-refractivity contribution in [1.29, 1.82) is 0 Å². The van der Waals surface area contributed by atoms with Gasteiger partial charge in [-0.25, -0.2) is 0 Å². The topological polar surface area (TPSA) is 3.24 Å². The Kier molecular flexibility index (Phi) is 11.5. The van der Waals surface area contributed by atoms with Crippen LogP contribution in [0.15, 0.2) is 285 Å². The third-order valence-corrected chi connectivity index (χ3v) is 12.8. The molecule has 0 saturated carbocycles. The molecule has 11 aromatic rings. The van der Waals surface area contributed by atoms with Crippen molar-refractivity contribution in [3.8, 4) is 89.0 Å². The van der Waals surface area contributed by atoms with Gasteiger partial charge in [0.15, 0.2) is 0 Å². The molecule has 0 spiro atoms. The van der Waals surface area contributed by atoms with Crippen LogP contribution in [0, 0.1) is 0 Å². The summed E-state index contributed by atoms with van der Waals surface area (Å²) in [6.07, 6.45) is 0. The molecule has 0 atom stereocenters. The van der Waals surface area contributed by atoms with Crippen LogP contribution in [0.1, 0.15) is 0 Å². The van der Waals surface area contributed by atoms with Gasteiger partial charge in [0, 0.05) is 16.8 Å². The monoisotopic (exact) mass is 853 g/mol. The van der Waals surface area contributed by atoms with Crippen molar-refractivity contribution in [2.24, 2.45) is 0 Å². The largest absolute Gasteiger partial charge is 0.309 e. The van der Waals surface area contributed by atoms with Gasteiger partial charge in [0.2, 0.25) is 0 Å². The fourth-order valence-corrected chi connectivity index (χ4v) is 9.47. The van der Waals surface area contributed by atoms with Crippen LogP contribution in [0.3, 0.4) is 0 Å². The molecule has 0 amide bonds. The van der Waals surface area contributed by atoms with E-state index in [0.29, 0.717) is 0 Å². The van der Waals surface area contributed by atoms with E-state index in [0.717, 1.165) is 44.9 Å². The molecule has 0 radical (unpaired) electrons. The Bertz CT molecular complexity index is 3400. The molecule has 0 heterocycles. The van der Waals surface area contributed by atoms with Crippen LogP contribution < -0.4 is 4.90 Å². The number of hydrogen-bond donors (Lipinski definition) is 0. The van der Waals surface area contributed by atoms with Crippen molar-refractivity contribution in [1.82, 2.24) is 0 Å². The third kappa shape index (κ3) is 8.39. The lowest BCUT2D eigenvalue weighted by Gasteiger charge is -2.31. The Morgan fingerprint density at radius 1 is 0.164 bits per heavy atom. The summed E-state index contributed by atoms with van der Waals surface area (Å²) in [5, 5.41) is 0. The minimum atomic E-state index is 1.07. The smallest absolute Gasteiger partial charge is 0.0540 e. The number of hydrogen-bond acceptors (Lipinski definition) is 1. The van der Waals surface area contributed by atoms with E-state index >= 15 is 0 Å². The van der Waals surface area contributed by atoms with E-state index in [9.17, 15) is 0 Å². The van der Waals surface area contributed by atoms with Gasteiger partial charge in [-0.1, -0.05) is 261 Å². The Hall–Kier alpha value is -8.78. The van der Waals surface area contributed by atoms with Crippen LogP contribution in [0.2, 0.25) is 0 Å². The second-order valence-electron chi connectivity index (χ2n) is 16.8. The highest BCUT2D eigenvalue weighted by Crippen LogP contribution is 2.50. The van der Waals surface area contributed by atoms with E-state index in [4.69, 9.17) is 0 Å². The van der Waals surface area contributed by atoms with Crippen molar-refractivity contribution in [3.63, 3.8) is 0 Å². The predicted octanol–water partition coefficient (Wildman–Crippen LogP) is 18.5. The lowest BCUT2D eigenvalue weighted by atomic mass is 9.84. The molecule has 0 bridgehead atoms. The molecule has 1 heteroatoms. The van der Waals surface area contributed by atoms with Gasteiger partial charge in [-0.05, 0) is 102 Å². The number of rotatable bonds is 11. The molecular formula is C66H47N. The zero-order valence-electron chi connectivity index (χ0n) is 37.1. The van der Waals surface area contributed by atoms with Crippen molar-refractivity contribution in [2.45, 2.75) is 0 Å². The first-order valence-electron chi connectivity index (χ1n) is 23.0. The molecule has 11 rings (SSSR count). The zero-order valence-corrected chi connectivity index (χ0v) is 37.1. The van der Waals surface area contributed by atoms with Crippen LogP contribution in [-0.2, 0) is 0 Å².